The van der Waals surface area contributed by atoms with E-state index in [9.17, 15) is 5.26 Å². The summed E-state index contributed by atoms with van der Waals surface area (Å²) in [7, 11) is 0. The molecule has 4 atom stereocenters. The molecule has 3 heteroatoms. The molecule has 3 nitrogen and oxygen atoms in total. The van der Waals surface area contributed by atoms with Crippen LogP contribution in [-0.2, 0) is 0 Å². The quantitative estimate of drug-likeness (QED) is 0.830. The van der Waals surface area contributed by atoms with Crippen LogP contribution in [0.15, 0.2) is 0 Å². The van der Waals surface area contributed by atoms with Crippen LogP contribution in [-0.4, -0.2) is 35.6 Å². The van der Waals surface area contributed by atoms with Gasteiger partial charge in [0.1, 0.15) is 5.54 Å². The van der Waals surface area contributed by atoms with Crippen molar-refractivity contribution in [3.05, 3.63) is 0 Å². The normalized spacial score (nSPS) is 32.0. The Morgan fingerprint density at radius 2 is 2.00 bits per heavy atom. The van der Waals surface area contributed by atoms with E-state index in [1.54, 1.807) is 0 Å². The van der Waals surface area contributed by atoms with Gasteiger partial charge in [-0.15, -0.1) is 0 Å². The van der Waals surface area contributed by atoms with Gasteiger partial charge in [0, 0.05) is 25.2 Å². The third kappa shape index (κ3) is 4.78. The van der Waals surface area contributed by atoms with Crippen molar-refractivity contribution < 1.29 is 0 Å². The van der Waals surface area contributed by atoms with Gasteiger partial charge in [-0.1, -0.05) is 13.8 Å². The SMILES string of the molecule is CC1CC(C)C(C)N(CCC(C)(C#N)NC(C)C)C1. The second-order valence-electron chi connectivity index (χ2n) is 7.05. The number of hydrogen-bond acceptors (Lipinski definition) is 3. The first-order chi connectivity index (χ1) is 8.77. The van der Waals surface area contributed by atoms with Crippen molar-refractivity contribution in [1.82, 2.24) is 10.2 Å². The molecule has 0 spiro atoms. The average molecular weight is 265 g/mol. The Kier molecular flexibility index (Phi) is 5.82. The maximum absolute atomic E-state index is 9.40. The maximum Gasteiger partial charge on any atom is 0.105 e. The largest absolute Gasteiger partial charge is 0.300 e. The van der Waals surface area contributed by atoms with Gasteiger partial charge in [-0.3, -0.25) is 5.32 Å². The zero-order chi connectivity index (χ0) is 14.6. The lowest BCUT2D eigenvalue weighted by Crippen LogP contribution is -2.51. The monoisotopic (exact) mass is 265 g/mol. The molecule has 0 aromatic rings. The second kappa shape index (κ2) is 6.72. The van der Waals surface area contributed by atoms with Crippen LogP contribution >= 0.6 is 0 Å². The predicted octanol–water partition coefficient (Wildman–Crippen LogP) is 3.02. The highest BCUT2D eigenvalue weighted by Crippen LogP contribution is 2.27. The molecular weight excluding hydrogens is 234 g/mol. The zero-order valence-corrected chi connectivity index (χ0v) is 13.5. The minimum absolute atomic E-state index is 0.348. The smallest absolute Gasteiger partial charge is 0.105 e. The number of likely N-dealkylation sites (tertiary alicyclic amines) is 1. The first-order valence-corrected chi connectivity index (χ1v) is 7.70. The number of nitrogens with zero attached hydrogens (tertiary/aromatic N) is 2. The Morgan fingerprint density at radius 3 is 2.53 bits per heavy atom. The lowest BCUT2D eigenvalue weighted by molar-refractivity contribution is 0.0731. The molecule has 0 bridgehead atoms. The van der Waals surface area contributed by atoms with Crippen LogP contribution in [0.5, 0.6) is 0 Å². The molecule has 110 valence electrons. The van der Waals surface area contributed by atoms with E-state index in [0.717, 1.165) is 24.8 Å². The highest BCUT2D eigenvalue weighted by atomic mass is 15.2. The summed E-state index contributed by atoms with van der Waals surface area (Å²) in [5, 5.41) is 12.8. The predicted molar refractivity (Wildman–Crippen MR) is 80.9 cm³/mol. The van der Waals surface area contributed by atoms with Crippen LogP contribution in [0, 0.1) is 23.2 Å². The van der Waals surface area contributed by atoms with Gasteiger partial charge in [0.15, 0.2) is 0 Å². The molecular formula is C16H31N3. The molecule has 1 aliphatic rings. The Morgan fingerprint density at radius 1 is 1.37 bits per heavy atom. The Balaban J connectivity index is 2.57. The van der Waals surface area contributed by atoms with Gasteiger partial charge in [-0.2, -0.15) is 5.26 Å². The van der Waals surface area contributed by atoms with Gasteiger partial charge in [0.05, 0.1) is 6.07 Å². The summed E-state index contributed by atoms with van der Waals surface area (Å²) in [6.45, 7) is 15.4. The highest BCUT2D eigenvalue weighted by molar-refractivity contribution is 5.05. The second-order valence-corrected chi connectivity index (χ2v) is 7.05. The van der Waals surface area contributed by atoms with E-state index in [0.29, 0.717) is 12.1 Å². The van der Waals surface area contributed by atoms with Crippen molar-refractivity contribution in [2.45, 2.75) is 72.0 Å². The summed E-state index contributed by atoms with van der Waals surface area (Å²) >= 11 is 0. The molecule has 19 heavy (non-hydrogen) atoms. The lowest BCUT2D eigenvalue weighted by atomic mass is 9.85. The van der Waals surface area contributed by atoms with Crippen LogP contribution in [0.4, 0.5) is 0 Å². The summed E-state index contributed by atoms with van der Waals surface area (Å²) in [6, 6.07) is 3.43. The Labute approximate surface area is 119 Å². The molecule has 1 N–H and O–H groups in total. The fraction of sp³-hybridized carbons (Fsp3) is 0.938. The first-order valence-electron chi connectivity index (χ1n) is 7.70. The van der Waals surface area contributed by atoms with Crippen LogP contribution in [0.2, 0.25) is 0 Å². The van der Waals surface area contributed by atoms with E-state index in [1.165, 1.54) is 13.0 Å². The Hall–Kier alpha value is -0.590. The van der Waals surface area contributed by atoms with Gasteiger partial charge in [-0.25, -0.2) is 0 Å². The van der Waals surface area contributed by atoms with E-state index in [-0.39, 0.29) is 0 Å². The molecule has 1 fully saturated rings. The molecule has 4 unspecified atom stereocenters. The molecule has 1 rings (SSSR count). The summed E-state index contributed by atoms with van der Waals surface area (Å²) in [4.78, 5) is 2.57. The summed E-state index contributed by atoms with van der Waals surface area (Å²) in [6.07, 6.45) is 2.23. The van der Waals surface area contributed by atoms with Gasteiger partial charge in [-0.05, 0) is 52.4 Å². The highest BCUT2D eigenvalue weighted by Gasteiger charge is 2.31. The standard InChI is InChI=1S/C16H31N3/c1-12(2)18-16(6,11-17)7-8-19-10-13(3)9-14(4)15(19)5/h12-15,18H,7-10H2,1-6H3. The number of hydrogen-bond donors (Lipinski definition) is 1. The molecule has 0 aliphatic carbocycles. The fourth-order valence-electron chi connectivity index (χ4n) is 3.29. The molecule has 0 saturated carbocycles. The fourth-order valence-corrected chi connectivity index (χ4v) is 3.29. The van der Waals surface area contributed by atoms with Gasteiger partial charge >= 0.3 is 0 Å². The summed E-state index contributed by atoms with van der Waals surface area (Å²) in [5.74, 6) is 1.53. The molecule has 0 radical (unpaired) electrons. The molecule has 0 amide bonds. The van der Waals surface area contributed by atoms with E-state index >= 15 is 0 Å². The van der Waals surface area contributed by atoms with Crippen LogP contribution < -0.4 is 5.32 Å². The van der Waals surface area contributed by atoms with Crippen molar-refractivity contribution in [1.29, 1.82) is 5.26 Å². The molecule has 1 saturated heterocycles. The van der Waals surface area contributed by atoms with E-state index in [2.05, 4.69) is 50.9 Å². The van der Waals surface area contributed by atoms with Crippen LogP contribution in [0.3, 0.4) is 0 Å². The zero-order valence-electron chi connectivity index (χ0n) is 13.5. The van der Waals surface area contributed by atoms with Gasteiger partial charge in [0.25, 0.3) is 0 Å². The first kappa shape index (κ1) is 16.5. The third-order valence-corrected chi connectivity index (χ3v) is 4.47. The van der Waals surface area contributed by atoms with Crippen molar-refractivity contribution in [2.24, 2.45) is 11.8 Å². The third-order valence-electron chi connectivity index (χ3n) is 4.47. The van der Waals surface area contributed by atoms with Crippen molar-refractivity contribution >= 4 is 0 Å². The van der Waals surface area contributed by atoms with E-state index < -0.39 is 5.54 Å². The molecule has 0 aromatic heterocycles. The van der Waals surface area contributed by atoms with Gasteiger partial charge < -0.3 is 4.90 Å². The number of nitrogens with one attached hydrogen (secondary N) is 1. The maximum atomic E-state index is 9.40. The summed E-state index contributed by atoms with van der Waals surface area (Å²) < 4.78 is 0. The molecule has 1 aliphatic heterocycles. The summed E-state index contributed by atoms with van der Waals surface area (Å²) in [5.41, 5.74) is -0.405. The average Bonchev–Trinajstić information content (AvgIpc) is 2.31. The van der Waals surface area contributed by atoms with Crippen molar-refractivity contribution in [3.8, 4) is 6.07 Å². The van der Waals surface area contributed by atoms with Crippen LogP contribution in [0.1, 0.15) is 54.4 Å². The molecule has 0 aromatic carbocycles. The van der Waals surface area contributed by atoms with Gasteiger partial charge in [0.2, 0.25) is 0 Å². The number of piperidine rings is 1. The number of rotatable bonds is 5. The minimum atomic E-state index is -0.405. The molecule has 1 heterocycles. The van der Waals surface area contributed by atoms with E-state index in [4.69, 9.17) is 0 Å². The van der Waals surface area contributed by atoms with E-state index in [1.807, 2.05) is 6.92 Å². The van der Waals surface area contributed by atoms with Crippen molar-refractivity contribution in [3.63, 3.8) is 0 Å². The topological polar surface area (TPSA) is 39.1 Å². The minimum Gasteiger partial charge on any atom is -0.300 e. The van der Waals surface area contributed by atoms with Crippen molar-refractivity contribution in [2.75, 3.05) is 13.1 Å². The number of nitriles is 1. The Bertz CT molecular complexity index is 320. The van der Waals surface area contributed by atoms with Crippen LogP contribution in [0.25, 0.3) is 0 Å². The lowest BCUT2D eigenvalue weighted by Gasteiger charge is -2.42.